The molecule has 41 heavy (non-hydrogen) atoms. The van der Waals surface area contributed by atoms with Crippen LogP contribution in [0.3, 0.4) is 0 Å². The maximum atomic E-state index is 12.0. The van der Waals surface area contributed by atoms with E-state index in [9.17, 15) is 14.4 Å². The summed E-state index contributed by atoms with van der Waals surface area (Å²) in [5.41, 5.74) is 8.05. The molecule has 230 valence electrons. The number of carbonyl (C=O) groups is 3. The average molecular weight is 574 g/mol. The lowest BCUT2D eigenvalue weighted by Gasteiger charge is -2.24. The summed E-state index contributed by atoms with van der Waals surface area (Å²) in [6.07, 6.45) is 6.29. The molecule has 2 heterocycles. The van der Waals surface area contributed by atoms with Crippen molar-refractivity contribution >= 4 is 34.4 Å². The predicted octanol–water partition coefficient (Wildman–Crippen LogP) is 4.52. The molecule has 1 aromatic carbocycles. The Hall–Kier alpha value is -3.53. The lowest BCUT2D eigenvalue weighted by molar-refractivity contribution is -0.139. The van der Waals surface area contributed by atoms with Crippen LogP contribution in [-0.2, 0) is 14.4 Å². The number of nitrogens with one attached hydrogen (secondary N) is 2. The second-order valence-electron chi connectivity index (χ2n) is 9.75. The van der Waals surface area contributed by atoms with Gasteiger partial charge in [0.05, 0.1) is 18.7 Å². The molecule has 0 bridgehead atoms. The molecular formula is C31H51N5O5. The van der Waals surface area contributed by atoms with Gasteiger partial charge in [0.25, 0.3) is 5.91 Å². The van der Waals surface area contributed by atoms with Crippen LogP contribution in [0.2, 0.25) is 0 Å². The van der Waals surface area contributed by atoms with Crippen LogP contribution in [-0.4, -0.2) is 72.5 Å². The van der Waals surface area contributed by atoms with Gasteiger partial charge in [-0.15, -0.1) is 0 Å². The number of furan rings is 1. The largest absolute Gasteiger partial charge is 0.461 e. The van der Waals surface area contributed by atoms with Crippen LogP contribution in [0.4, 0.5) is 5.69 Å². The molecule has 0 saturated carbocycles. The second-order valence-corrected chi connectivity index (χ2v) is 9.75. The first-order valence-corrected chi connectivity index (χ1v) is 14.9. The summed E-state index contributed by atoms with van der Waals surface area (Å²) in [5.74, 6) is 1.07. The van der Waals surface area contributed by atoms with Crippen molar-refractivity contribution in [2.45, 2.75) is 79.6 Å². The number of benzene rings is 1. The van der Waals surface area contributed by atoms with Crippen LogP contribution in [0, 0.1) is 6.92 Å². The highest BCUT2D eigenvalue weighted by Gasteiger charge is 2.20. The summed E-state index contributed by atoms with van der Waals surface area (Å²) in [4.78, 5) is 39.1. The zero-order chi connectivity index (χ0) is 30.8. The predicted molar refractivity (Wildman–Crippen MR) is 165 cm³/mol. The van der Waals surface area contributed by atoms with Gasteiger partial charge in [-0.25, -0.2) is 0 Å². The van der Waals surface area contributed by atoms with Crippen LogP contribution >= 0.6 is 0 Å². The van der Waals surface area contributed by atoms with Gasteiger partial charge in [0.2, 0.25) is 11.8 Å². The first-order chi connectivity index (χ1) is 19.7. The van der Waals surface area contributed by atoms with Crippen molar-refractivity contribution in [1.29, 1.82) is 0 Å². The first kappa shape index (κ1) is 35.5. The van der Waals surface area contributed by atoms with Crippen LogP contribution in [0.25, 0.3) is 11.0 Å². The molecule has 0 aliphatic carbocycles. The quantitative estimate of drug-likeness (QED) is 0.290. The van der Waals surface area contributed by atoms with Gasteiger partial charge in [0.15, 0.2) is 0 Å². The van der Waals surface area contributed by atoms with Crippen LogP contribution in [0.15, 0.2) is 40.1 Å². The summed E-state index contributed by atoms with van der Waals surface area (Å²) in [6.45, 7) is 11.7. The Morgan fingerprint density at radius 3 is 2.54 bits per heavy atom. The van der Waals surface area contributed by atoms with Crippen molar-refractivity contribution in [3.05, 3.63) is 41.4 Å². The molecule has 0 radical (unpaired) electrons. The summed E-state index contributed by atoms with van der Waals surface area (Å²) in [7, 11) is 1.82. The van der Waals surface area contributed by atoms with E-state index in [0.717, 1.165) is 67.6 Å². The Morgan fingerprint density at radius 2 is 1.88 bits per heavy atom. The maximum Gasteiger partial charge on any atom is 0.250 e. The number of fused-ring (bicyclic) bond motifs is 1. The molecule has 1 fully saturated rings. The lowest BCUT2D eigenvalue weighted by Crippen LogP contribution is -2.41. The zero-order valence-corrected chi connectivity index (χ0v) is 25.8. The molecule has 3 rings (SSSR count). The van der Waals surface area contributed by atoms with E-state index in [1.807, 2.05) is 59.0 Å². The van der Waals surface area contributed by atoms with E-state index in [1.165, 1.54) is 0 Å². The number of nitrogens with two attached hydrogens (primary N) is 1. The van der Waals surface area contributed by atoms with E-state index in [1.54, 1.807) is 9.80 Å². The summed E-state index contributed by atoms with van der Waals surface area (Å²) >= 11 is 0. The minimum absolute atomic E-state index is 0.0636. The summed E-state index contributed by atoms with van der Waals surface area (Å²) in [6, 6.07) is 7.55. The molecule has 1 aliphatic heterocycles. The molecule has 5 N–H and O–H groups in total. The Morgan fingerprint density at radius 1 is 1.15 bits per heavy atom. The van der Waals surface area contributed by atoms with Gasteiger partial charge in [-0.2, -0.15) is 0 Å². The lowest BCUT2D eigenvalue weighted by atomic mass is 10.1. The Kier molecular flexibility index (Phi) is 16.9. The number of hydrogen-bond acceptors (Lipinski definition) is 7. The molecule has 3 amide bonds. The standard InChI is InChI=1S/C16H21N3O3.C13H24N2O2.C2H6/c1-3-13(16(21)18-6-7-20)15(17)19-12-4-5-14-11(9-12)8-10(2)22-14;1-3-4-9-14(2)13(17)11-15-10-7-5-6-8-12(15)16;1-2/h4-5,8-9,19-20H,3,6-7,17H2,1-2H3,(H,18,21);3-11H2,1-2H3;1-2H3/b15-13+;;. The van der Waals surface area contributed by atoms with E-state index < -0.39 is 0 Å². The highest BCUT2D eigenvalue weighted by molar-refractivity contribution is 5.94. The molecule has 0 spiro atoms. The number of aryl methyl sites for hydroxylation is 1. The zero-order valence-electron chi connectivity index (χ0n) is 25.8. The molecule has 1 aromatic heterocycles. The van der Waals surface area contributed by atoms with E-state index in [2.05, 4.69) is 17.6 Å². The SMILES string of the molecule is CC.CC/C(C(=O)NCCO)=C(/N)Nc1ccc2oc(C)cc2c1.CCCCN(C)C(=O)CN1CCCCCC1=O. The van der Waals surface area contributed by atoms with Crippen LogP contribution in [0.5, 0.6) is 0 Å². The number of hydrogen-bond donors (Lipinski definition) is 4. The molecule has 2 aromatic rings. The first-order valence-electron chi connectivity index (χ1n) is 14.9. The third-order valence-corrected chi connectivity index (χ3v) is 6.54. The van der Waals surface area contributed by atoms with Gasteiger partial charge in [-0.05, 0) is 56.9 Å². The highest BCUT2D eigenvalue weighted by atomic mass is 16.3. The van der Waals surface area contributed by atoms with Crippen molar-refractivity contribution in [1.82, 2.24) is 15.1 Å². The molecule has 1 aliphatic rings. The number of nitrogens with zero attached hydrogens (tertiary/aromatic N) is 2. The van der Waals surface area contributed by atoms with Crippen molar-refractivity contribution in [2.75, 3.05) is 45.2 Å². The monoisotopic (exact) mass is 573 g/mol. The number of aliphatic hydroxyl groups is 1. The smallest absolute Gasteiger partial charge is 0.250 e. The van der Waals surface area contributed by atoms with E-state index >= 15 is 0 Å². The van der Waals surface area contributed by atoms with E-state index in [4.69, 9.17) is 15.3 Å². The number of rotatable bonds is 11. The fourth-order valence-electron chi connectivity index (χ4n) is 4.24. The number of likely N-dealkylation sites (N-methyl/N-ethyl adjacent to an activating group) is 1. The molecule has 1 saturated heterocycles. The minimum Gasteiger partial charge on any atom is -0.461 e. The van der Waals surface area contributed by atoms with Gasteiger partial charge in [-0.3, -0.25) is 14.4 Å². The average Bonchev–Trinajstić information content (AvgIpc) is 3.22. The van der Waals surface area contributed by atoms with Crippen LogP contribution < -0.4 is 16.4 Å². The minimum atomic E-state index is -0.276. The Bertz CT molecular complexity index is 1130. The fraction of sp³-hybridized carbons (Fsp3) is 0.581. The third-order valence-electron chi connectivity index (χ3n) is 6.54. The highest BCUT2D eigenvalue weighted by Crippen LogP contribution is 2.23. The number of amides is 3. The Labute approximate surface area is 245 Å². The van der Waals surface area contributed by atoms with Gasteiger partial charge in [0, 0.05) is 44.2 Å². The van der Waals surface area contributed by atoms with Crippen molar-refractivity contribution in [3.8, 4) is 0 Å². The molecule has 10 heteroatoms. The maximum absolute atomic E-state index is 12.0. The van der Waals surface area contributed by atoms with Crippen LogP contribution in [0.1, 0.15) is 78.4 Å². The topological polar surface area (TPSA) is 141 Å². The number of aliphatic hydroxyl groups excluding tert-OH is 1. The molecule has 0 atom stereocenters. The van der Waals surface area contributed by atoms with Crippen molar-refractivity contribution in [2.24, 2.45) is 5.73 Å². The number of carbonyl (C=O) groups excluding carboxylic acids is 3. The van der Waals surface area contributed by atoms with Gasteiger partial charge in [0.1, 0.15) is 17.2 Å². The normalized spacial score (nSPS) is 13.6. The Balaban J connectivity index is 0.000000399. The van der Waals surface area contributed by atoms with Gasteiger partial charge < -0.3 is 35.7 Å². The fourth-order valence-corrected chi connectivity index (χ4v) is 4.24. The second kappa shape index (κ2) is 19.5. The number of anilines is 1. The van der Waals surface area contributed by atoms with Gasteiger partial charge in [-0.1, -0.05) is 40.5 Å². The third kappa shape index (κ3) is 12.3. The molecule has 10 nitrogen and oxygen atoms in total. The van der Waals surface area contributed by atoms with Crippen molar-refractivity contribution < 1.29 is 23.9 Å². The van der Waals surface area contributed by atoms with Gasteiger partial charge >= 0.3 is 0 Å². The summed E-state index contributed by atoms with van der Waals surface area (Å²) < 4.78 is 5.52. The molecule has 0 unspecified atom stereocenters. The van der Waals surface area contributed by atoms with E-state index in [-0.39, 0.29) is 37.4 Å². The van der Waals surface area contributed by atoms with Crippen molar-refractivity contribution in [3.63, 3.8) is 0 Å². The number of unbranched alkanes of at least 4 members (excludes halogenated alkanes) is 1. The van der Waals surface area contributed by atoms with E-state index in [0.29, 0.717) is 24.2 Å². The molecular weight excluding hydrogens is 522 g/mol. The summed E-state index contributed by atoms with van der Waals surface area (Å²) in [5, 5.41) is 15.4. The number of likely N-dealkylation sites (tertiary alicyclic amines) is 1.